The summed E-state index contributed by atoms with van der Waals surface area (Å²) in [5.74, 6) is 1.80. The molecule has 0 radical (unpaired) electrons. The Hall–Kier alpha value is -2.47. The van der Waals surface area contributed by atoms with Gasteiger partial charge in [0.05, 0.1) is 6.20 Å². The van der Waals surface area contributed by atoms with Gasteiger partial charge in [0.1, 0.15) is 11.7 Å². The fourth-order valence-electron chi connectivity index (χ4n) is 3.61. The van der Waals surface area contributed by atoms with E-state index in [1.807, 2.05) is 14.0 Å². The van der Waals surface area contributed by atoms with Crippen molar-refractivity contribution in [2.75, 3.05) is 36.9 Å². The summed E-state index contributed by atoms with van der Waals surface area (Å²) in [4.78, 5) is 17.6. The lowest BCUT2D eigenvalue weighted by Gasteiger charge is -2.36. The molecule has 1 aliphatic carbocycles. The summed E-state index contributed by atoms with van der Waals surface area (Å²) in [5.41, 5.74) is 2.14. The van der Waals surface area contributed by atoms with Crippen molar-refractivity contribution >= 4 is 30.1 Å². The maximum absolute atomic E-state index is 4.57. The summed E-state index contributed by atoms with van der Waals surface area (Å²) in [5, 5.41) is 3.23. The molecule has 1 heterocycles. The highest BCUT2D eigenvalue weighted by molar-refractivity contribution is 5.98. The van der Waals surface area contributed by atoms with Crippen LogP contribution in [0.25, 0.3) is 0 Å². The van der Waals surface area contributed by atoms with Crippen molar-refractivity contribution in [3.05, 3.63) is 36.3 Å². The highest BCUT2D eigenvalue weighted by Gasteiger charge is 2.28. The van der Waals surface area contributed by atoms with Gasteiger partial charge in [0.2, 0.25) is 0 Å². The summed E-state index contributed by atoms with van der Waals surface area (Å²) in [7, 11) is 1.90. The molecule has 0 bridgehead atoms. The van der Waals surface area contributed by atoms with E-state index in [2.05, 4.69) is 61.1 Å². The topological polar surface area (TPSA) is 55.6 Å². The molecule has 1 saturated carbocycles. The van der Waals surface area contributed by atoms with Crippen LogP contribution in [0.1, 0.15) is 32.6 Å². The Kier molecular flexibility index (Phi) is 6.76. The first-order valence-electron chi connectivity index (χ1n) is 9.74. The highest BCUT2D eigenvalue weighted by Crippen LogP contribution is 2.27. The molecule has 1 saturated heterocycles. The first-order chi connectivity index (χ1) is 13.2. The van der Waals surface area contributed by atoms with E-state index in [9.17, 15) is 0 Å². The Morgan fingerprint density at radius 3 is 2.56 bits per heavy atom. The zero-order valence-corrected chi connectivity index (χ0v) is 16.4. The smallest absolute Gasteiger partial charge is 0.148 e. The van der Waals surface area contributed by atoms with Gasteiger partial charge in [0, 0.05) is 56.7 Å². The fraction of sp³-hybridized carbons (Fsp3) is 0.476. The van der Waals surface area contributed by atoms with Crippen LogP contribution in [0.5, 0.6) is 0 Å². The molecule has 1 aliphatic heterocycles. The molecule has 1 aromatic carbocycles. The predicted octanol–water partition coefficient (Wildman–Crippen LogP) is 3.78. The molecule has 0 aromatic heterocycles. The number of amidine groups is 1. The average Bonchev–Trinajstić information content (AvgIpc) is 2.87. The molecule has 6 heteroatoms. The minimum atomic E-state index is 0.627. The molecule has 3 rings (SSSR count). The van der Waals surface area contributed by atoms with Crippen LogP contribution in [0.4, 0.5) is 11.4 Å². The zero-order valence-electron chi connectivity index (χ0n) is 16.4. The number of nitrogens with one attached hydrogen (secondary N) is 1. The molecule has 2 aliphatic rings. The summed E-state index contributed by atoms with van der Waals surface area (Å²) in [6.45, 7) is 8.65. The van der Waals surface area contributed by atoms with Gasteiger partial charge in [-0.2, -0.15) is 0 Å². The number of nitrogens with zero attached hydrogens (tertiary/aromatic N) is 5. The van der Waals surface area contributed by atoms with Crippen molar-refractivity contribution in [1.29, 1.82) is 0 Å². The van der Waals surface area contributed by atoms with Crippen molar-refractivity contribution in [3.8, 4) is 0 Å². The third-order valence-corrected chi connectivity index (χ3v) is 5.36. The third kappa shape index (κ3) is 4.83. The van der Waals surface area contributed by atoms with Crippen LogP contribution < -0.4 is 10.2 Å². The second-order valence-corrected chi connectivity index (χ2v) is 6.91. The van der Waals surface area contributed by atoms with Crippen LogP contribution >= 0.6 is 0 Å². The van der Waals surface area contributed by atoms with Crippen LogP contribution in [-0.4, -0.2) is 56.4 Å². The normalized spacial score (nSPS) is 21.3. The maximum Gasteiger partial charge on any atom is 0.148 e. The lowest BCUT2D eigenvalue weighted by atomic mass is 9.91. The minimum absolute atomic E-state index is 0.627. The first kappa shape index (κ1) is 19.3. The van der Waals surface area contributed by atoms with Gasteiger partial charge in [-0.25, -0.2) is 4.99 Å². The number of rotatable bonds is 6. The molecule has 0 atom stereocenters. The molecule has 27 heavy (non-hydrogen) atoms. The molecule has 0 amide bonds. The zero-order chi connectivity index (χ0) is 19.1. The summed E-state index contributed by atoms with van der Waals surface area (Å²) < 4.78 is 0. The van der Waals surface area contributed by atoms with Crippen LogP contribution in [-0.2, 0) is 0 Å². The number of anilines is 2. The standard InChI is InChI=1S/C21H30N6/c1-4-24-16-20(22-2)25-17-8-10-19(11-9-17)27-15-14-26(18-6-5-7-18)13-12-21(27)23-3/h4,8-11,16,18,25H,2,5-7,12-15H2,1,3H3/b20-16+,23-21?,24-4?. The summed E-state index contributed by atoms with van der Waals surface area (Å²) in [6.07, 6.45) is 8.48. The van der Waals surface area contributed by atoms with Gasteiger partial charge in [-0.1, -0.05) is 6.42 Å². The quantitative estimate of drug-likeness (QED) is 0.780. The highest BCUT2D eigenvalue weighted by atomic mass is 15.3. The maximum atomic E-state index is 4.57. The summed E-state index contributed by atoms with van der Waals surface area (Å²) in [6, 6.07) is 9.18. The van der Waals surface area contributed by atoms with Crippen molar-refractivity contribution < 1.29 is 0 Å². The van der Waals surface area contributed by atoms with Crippen LogP contribution in [0, 0.1) is 0 Å². The lowest BCUT2D eigenvalue weighted by Crippen LogP contribution is -2.42. The van der Waals surface area contributed by atoms with Crippen molar-refractivity contribution in [2.24, 2.45) is 15.0 Å². The number of aliphatic imine (C=N–C) groups is 3. The van der Waals surface area contributed by atoms with E-state index in [0.717, 1.165) is 37.8 Å². The van der Waals surface area contributed by atoms with Gasteiger partial charge in [0.15, 0.2) is 0 Å². The van der Waals surface area contributed by atoms with Gasteiger partial charge in [-0.3, -0.25) is 14.9 Å². The third-order valence-electron chi connectivity index (χ3n) is 5.36. The minimum Gasteiger partial charge on any atom is -0.339 e. The Balaban J connectivity index is 1.69. The predicted molar refractivity (Wildman–Crippen MR) is 116 cm³/mol. The Morgan fingerprint density at radius 1 is 1.19 bits per heavy atom. The van der Waals surface area contributed by atoms with Crippen molar-refractivity contribution in [3.63, 3.8) is 0 Å². The van der Waals surface area contributed by atoms with E-state index >= 15 is 0 Å². The van der Waals surface area contributed by atoms with E-state index in [0.29, 0.717) is 5.82 Å². The van der Waals surface area contributed by atoms with Gasteiger partial charge in [0.25, 0.3) is 0 Å². The SMILES string of the molecule is C=N/C(=C\N=CC)Nc1ccc(N2CCN(C3CCC3)CCC2=NC)cc1. The molecular formula is C21H30N6. The molecule has 0 unspecified atom stereocenters. The number of hydrogen-bond donors (Lipinski definition) is 1. The Morgan fingerprint density at radius 2 is 1.96 bits per heavy atom. The van der Waals surface area contributed by atoms with Crippen molar-refractivity contribution in [1.82, 2.24) is 4.90 Å². The lowest BCUT2D eigenvalue weighted by molar-refractivity contribution is 0.138. The largest absolute Gasteiger partial charge is 0.339 e. The molecule has 1 aromatic rings. The Labute approximate surface area is 162 Å². The van der Waals surface area contributed by atoms with Crippen LogP contribution in [0.15, 0.2) is 51.3 Å². The van der Waals surface area contributed by atoms with E-state index in [-0.39, 0.29) is 0 Å². The monoisotopic (exact) mass is 366 g/mol. The van der Waals surface area contributed by atoms with Gasteiger partial charge in [-0.05, 0) is 50.7 Å². The fourth-order valence-corrected chi connectivity index (χ4v) is 3.61. The van der Waals surface area contributed by atoms with E-state index in [1.54, 1.807) is 12.4 Å². The number of hydrogen-bond acceptors (Lipinski definition) is 5. The van der Waals surface area contributed by atoms with Gasteiger partial charge in [-0.15, -0.1) is 0 Å². The first-order valence-corrected chi connectivity index (χ1v) is 9.74. The average molecular weight is 367 g/mol. The van der Waals surface area contributed by atoms with Crippen molar-refractivity contribution in [2.45, 2.75) is 38.6 Å². The van der Waals surface area contributed by atoms with E-state index in [4.69, 9.17) is 0 Å². The second kappa shape index (κ2) is 9.46. The Bertz CT molecular complexity index is 715. The van der Waals surface area contributed by atoms with E-state index in [1.165, 1.54) is 30.8 Å². The molecule has 6 nitrogen and oxygen atoms in total. The van der Waals surface area contributed by atoms with Gasteiger partial charge < -0.3 is 10.2 Å². The molecular weight excluding hydrogens is 336 g/mol. The van der Waals surface area contributed by atoms with Gasteiger partial charge >= 0.3 is 0 Å². The molecule has 144 valence electrons. The summed E-state index contributed by atoms with van der Waals surface area (Å²) >= 11 is 0. The second-order valence-electron chi connectivity index (χ2n) is 6.91. The van der Waals surface area contributed by atoms with Crippen LogP contribution in [0.2, 0.25) is 0 Å². The molecule has 0 spiro atoms. The van der Waals surface area contributed by atoms with E-state index < -0.39 is 0 Å². The molecule has 2 fully saturated rings. The van der Waals surface area contributed by atoms with Crippen LogP contribution in [0.3, 0.4) is 0 Å². The molecule has 1 N–H and O–H groups in total. The number of benzene rings is 1.